The Morgan fingerprint density at radius 1 is 0.789 bits per heavy atom. The van der Waals surface area contributed by atoms with Gasteiger partial charge in [-0.25, -0.2) is 8.42 Å². The fraction of sp³-hybridized carbons (Fsp3) is 0.519. The first kappa shape index (κ1) is 57.7. The molecule has 3 aromatic rings. The Bertz CT molecular complexity index is 2410. The average Bonchev–Trinajstić information content (AvgIpc) is 4.05. The lowest BCUT2D eigenvalue weighted by Crippen LogP contribution is -2.64. The number of hydrogen-bond donors (Lipinski definition) is 3. The van der Waals surface area contributed by atoms with Gasteiger partial charge in [0, 0.05) is 31.7 Å². The first-order valence-electron chi connectivity index (χ1n) is 24.0. The van der Waals surface area contributed by atoms with Gasteiger partial charge in [0.2, 0.25) is 17.7 Å². The number of aryl methyl sites for hydroxylation is 1. The van der Waals surface area contributed by atoms with Gasteiger partial charge < -0.3 is 39.2 Å². The number of imide groups is 1. The van der Waals surface area contributed by atoms with E-state index in [2.05, 4.69) is 29.8 Å². The predicted molar refractivity (Wildman–Crippen MR) is 263 cm³/mol. The molecule has 0 saturated carbocycles. The van der Waals surface area contributed by atoms with Crippen LogP contribution in [0.15, 0.2) is 78.9 Å². The summed E-state index contributed by atoms with van der Waals surface area (Å²) in [5.74, 6) is -3.35. The van der Waals surface area contributed by atoms with Crippen molar-refractivity contribution in [2.24, 2.45) is 11.8 Å². The number of ketones is 1. The molecule has 0 unspecified atom stereocenters. The Kier molecular flexibility index (Phi) is 21.6. The highest BCUT2D eigenvalue weighted by molar-refractivity contribution is 7.84. The van der Waals surface area contributed by atoms with Gasteiger partial charge in [-0.05, 0) is 80.7 Å². The molecule has 2 aliphatic rings. The molecule has 5 rings (SSSR count). The Morgan fingerprint density at radius 2 is 1.37 bits per heavy atom. The lowest BCUT2D eigenvalue weighted by molar-refractivity contribution is -0.940. The Balaban J connectivity index is 0.00000208. The Hall–Kier alpha value is -5.86. The zero-order valence-corrected chi connectivity index (χ0v) is 43.0. The Morgan fingerprint density at radius 3 is 1.90 bits per heavy atom. The van der Waals surface area contributed by atoms with E-state index in [1.54, 1.807) is 25.1 Å². The van der Waals surface area contributed by atoms with Crippen LogP contribution < -0.4 is 20.7 Å². The Labute approximate surface area is 417 Å². The minimum Gasteiger partial charge on any atom is -0.748 e. The second kappa shape index (κ2) is 26.5. The van der Waals surface area contributed by atoms with Gasteiger partial charge in [0.05, 0.1) is 35.5 Å². The molecule has 18 nitrogen and oxygen atoms in total. The summed E-state index contributed by atoms with van der Waals surface area (Å²) in [6.07, 6.45) is 2.14. The van der Waals surface area contributed by atoms with Crippen LogP contribution in [-0.4, -0.2) is 140 Å². The summed E-state index contributed by atoms with van der Waals surface area (Å²) in [6, 6.07) is 20.3. The largest absolute Gasteiger partial charge is 0.748 e. The summed E-state index contributed by atoms with van der Waals surface area (Å²) in [5, 5.41) is 8.83. The maximum absolute atomic E-state index is 15.1. The molecule has 2 aliphatic heterocycles. The summed E-state index contributed by atoms with van der Waals surface area (Å²) >= 11 is 0. The van der Waals surface area contributed by atoms with Gasteiger partial charge in [-0.1, -0.05) is 88.4 Å². The predicted octanol–water partition coefficient (Wildman–Crippen LogP) is 3.89. The molecule has 0 bridgehead atoms. The van der Waals surface area contributed by atoms with E-state index in [1.807, 2.05) is 74.5 Å². The molecule has 2 heterocycles. The van der Waals surface area contributed by atoms with Crippen LogP contribution in [0.3, 0.4) is 0 Å². The number of ether oxygens (including phenoxy) is 3. The van der Waals surface area contributed by atoms with Crippen molar-refractivity contribution in [3.05, 3.63) is 101 Å². The number of carbonyl (C=O) groups excluding carboxylic acids is 7. The number of nitrogens with zero attached hydrogens (tertiary/aromatic N) is 2. The maximum atomic E-state index is 15.1. The van der Waals surface area contributed by atoms with Crippen LogP contribution in [0.2, 0.25) is 0 Å². The van der Waals surface area contributed by atoms with Crippen LogP contribution in [0, 0.1) is 11.8 Å². The van der Waals surface area contributed by atoms with Crippen molar-refractivity contribution in [1.29, 1.82) is 0 Å². The molecule has 0 spiro atoms. The molecule has 2 fully saturated rings. The number of hydrogen-bond acceptors (Lipinski definition) is 13. The van der Waals surface area contributed by atoms with Gasteiger partial charge in [-0.2, -0.15) is 0 Å². The molecule has 388 valence electrons. The van der Waals surface area contributed by atoms with Crippen molar-refractivity contribution in [2.45, 2.75) is 111 Å². The summed E-state index contributed by atoms with van der Waals surface area (Å²) in [5.41, 5.74) is 1.29. The summed E-state index contributed by atoms with van der Waals surface area (Å²) < 4.78 is 44.0. The number of rotatable bonds is 23. The molecule has 19 heteroatoms. The molecule has 4 atom stereocenters. The number of esters is 1. The van der Waals surface area contributed by atoms with E-state index >= 15 is 4.79 Å². The maximum Gasteiger partial charge on any atom is 0.308 e. The van der Waals surface area contributed by atoms with E-state index in [1.165, 1.54) is 13.8 Å². The number of Topliss-reactive ketones (excluding diaryl/α,β-unsaturated/α-hetero) is 1. The third kappa shape index (κ3) is 19.3. The number of carbonyl (C=O) groups is 7. The fourth-order valence-corrected chi connectivity index (χ4v) is 8.20. The average molecular weight is 1010 g/mol. The van der Waals surface area contributed by atoms with Crippen molar-refractivity contribution in [3.63, 3.8) is 0 Å². The lowest BCUT2D eigenvalue weighted by Gasteiger charge is -2.42. The normalized spacial score (nSPS) is 17.3. The molecular weight excluding hydrogens is 935 g/mol. The molecule has 3 aromatic carbocycles. The van der Waals surface area contributed by atoms with Gasteiger partial charge in [0.15, 0.2) is 17.9 Å². The second-order valence-corrected chi connectivity index (χ2v) is 20.9. The molecular formula is C52H71N5O13S. The number of morpholine rings is 1. The highest BCUT2D eigenvalue weighted by Crippen LogP contribution is 2.32. The third-order valence-corrected chi connectivity index (χ3v) is 12.0. The van der Waals surface area contributed by atoms with Crippen molar-refractivity contribution >= 4 is 51.4 Å². The molecule has 2 saturated heterocycles. The van der Waals surface area contributed by atoms with Gasteiger partial charge in [0.25, 0.3) is 11.8 Å². The lowest BCUT2D eigenvalue weighted by atomic mass is 9.98. The second-order valence-electron chi connectivity index (χ2n) is 19.4. The quantitative estimate of drug-likeness (QED) is 0.0305. The minimum absolute atomic E-state index is 0.0387. The highest BCUT2D eigenvalue weighted by atomic mass is 32.2. The molecule has 0 aromatic heterocycles. The summed E-state index contributed by atoms with van der Waals surface area (Å²) in [6.45, 7) is 14.1. The van der Waals surface area contributed by atoms with Gasteiger partial charge in [0.1, 0.15) is 43.5 Å². The van der Waals surface area contributed by atoms with Gasteiger partial charge in [-0.3, -0.25) is 38.5 Å². The van der Waals surface area contributed by atoms with E-state index in [4.69, 9.17) is 27.2 Å². The van der Waals surface area contributed by atoms with Crippen LogP contribution in [0.5, 0.6) is 5.75 Å². The van der Waals surface area contributed by atoms with Gasteiger partial charge in [-0.15, -0.1) is 0 Å². The van der Waals surface area contributed by atoms with Crippen LogP contribution in [0.25, 0.3) is 0 Å². The van der Waals surface area contributed by atoms with Crippen LogP contribution >= 0.6 is 0 Å². The summed E-state index contributed by atoms with van der Waals surface area (Å²) in [7, 11) is -3.92. The smallest absolute Gasteiger partial charge is 0.308 e. The standard InChI is InChI=1S/C51H67N5O10.CH4O3S/c1-34(2)22-23-52-47(60)43(30-39-16-12-9-13-17-39)53-48(61)42(28-35(3)4)54-49(62)44(20-18-38-14-10-8-11-15-38)55(50(63)51(7)33-65-51)46(59)32-56(24-26-64-27-25-56)31-40-19-21-45(66-37(6)58)41(29-40)36(5)57;1-5(2,3)4/h8-17,19,21,29,34-35,42-44H,18,20,22-28,30-33H2,1-7H3,(H2-,52,53,54,60,61,62);1H3,(H,2,3,4)/t42-,43-,44-,51+;/m0./s1. The fourth-order valence-electron chi connectivity index (χ4n) is 8.20. The molecule has 3 N–H and O–H groups in total. The highest BCUT2D eigenvalue weighted by Gasteiger charge is 2.54. The van der Waals surface area contributed by atoms with E-state index in [0.29, 0.717) is 57.0 Å². The van der Waals surface area contributed by atoms with Crippen LogP contribution in [0.4, 0.5) is 0 Å². The van der Waals surface area contributed by atoms with E-state index < -0.39 is 63.4 Å². The number of amides is 5. The van der Waals surface area contributed by atoms with Gasteiger partial charge >= 0.3 is 5.97 Å². The molecule has 0 radical (unpaired) electrons. The number of benzene rings is 3. The van der Waals surface area contributed by atoms with Crippen molar-refractivity contribution in [1.82, 2.24) is 20.9 Å². The topological polar surface area (TPSA) is 247 Å². The minimum atomic E-state index is -3.92. The van der Waals surface area contributed by atoms with Crippen molar-refractivity contribution < 1.29 is 65.2 Å². The third-order valence-electron chi connectivity index (χ3n) is 12.0. The van der Waals surface area contributed by atoms with Crippen molar-refractivity contribution in [2.75, 3.05) is 52.3 Å². The first-order valence-corrected chi connectivity index (χ1v) is 25.8. The first-order chi connectivity index (χ1) is 33.4. The van der Waals surface area contributed by atoms with Crippen molar-refractivity contribution in [3.8, 4) is 5.75 Å². The zero-order chi connectivity index (χ0) is 52.5. The van der Waals surface area contributed by atoms with Crippen LogP contribution in [-0.2, 0) is 67.7 Å². The zero-order valence-electron chi connectivity index (χ0n) is 42.2. The van der Waals surface area contributed by atoms with E-state index in [9.17, 15) is 28.8 Å². The van der Waals surface area contributed by atoms with E-state index in [-0.39, 0.29) is 72.4 Å². The molecule has 0 aliphatic carbocycles. The number of epoxide rings is 1. The number of quaternary nitrogens is 1. The monoisotopic (exact) mass is 1010 g/mol. The van der Waals surface area contributed by atoms with E-state index in [0.717, 1.165) is 22.4 Å². The summed E-state index contributed by atoms with van der Waals surface area (Å²) in [4.78, 5) is 98.4. The molecule has 5 amide bonds. The SMILES string of the molecule is CC(=O)Oc1ccc(C[N+]2(CC(=O)N(C(=O)[C@@]3(C)CO3)[C@@H](CCc3ccccc3)C(=O)N[C@@H](CC(C)C)C(=O)N[C@@H](Cc3ccccc3)C(=O)NCCC(C)C)CCOCC2)cc1C(C)=O.CS(=O)(=O)[O-]. The number of nitrogens with one attached hydrogen (secondary N) is 3. The molecule has 71 heavy (non-hydrogen) atoms. The van der Waals surface area contributed by atoms with Crippen LogP contribution in [0.1, 0.15) is 94.8 Å².